The lowest BCUT2D eigenvalue weighted by molar-refractivity contribution is -0.940. The Bertz CT molecular complexity index is 385. The minimum Gasteiger partial charge on any atom is -0.549 e. The molecule has 1 rings (SSSR count). The number of hydrogen-bond acceptors (Lipinski definition) is 2. The first kappa shape index (κ1) is 14.7. The van der Waals surface area contributed by atoms with Crippen molar-refractivity contribution < 1.29 is 14.8 Å². The lowest BCUT2D eigenvalue weighted by Gasteiger charge is -2.33. The van der Waals surface area contributed by atoms with E-state index in [2.05, 4.69) is 26.0 Å². The van der Waals surface area contributed by atoms with Gasteiger partial charge >= 0.3 is 0 Å². The van der Waals surface area contributed by atoms with Gasteiger partial charge in [-0.1, -0.05) is 30.3 Å². The maximum Gasteiger partial charge on any atom is 0.103 e. The predicted molar refractivity (Wildman–Crippen MR) is 69.9 cm³/mol. The van der Waals surface area contributed by atoms with Crippen molar-refractivity contribution in [2.45, 2.75) is 40.3 Å². The van der Waals surface area contributed by atoms with Gasteiger partial charge in [0.05, 0.1) is 24.0 Å². The standard InChI is InChI=1S/C15H23NO2/c1-12(2)16(11-15(3,4)14(17)18)10-13-8-6-5-7-9-13/h5-9,12H,10-11H2,1-4H3,(H,17,18). The molecule has 1 N–H and O–H groups in total. The molecule has 0 saturated carbocycles. The van der Waals surface area contributed by atoms with Crippen LogP contribution in [0.1, 0.15) is 33.3 Å². The Morgan fingerprint density at radius 3 is 2.28 bits per heavy atom. The molecule has 0 spiro atoms. The summed E-state index contributed by atoms with van der Waals surface area (Å²) in [6.07, 6.45) is 0. The molecular weight excluding hydrogens is 226 g/mol. The van der Waals surface area contributed by atoms with Crippen molar-refractivity contribution in [2.75, 3.05) is 6.54 Å². The summed E-state index contributed by atoms with van der Waals surface area (Å²) in [5, 5.41) is 11.1. The molecule has 18 heavy (non-hydrogen) atoms. The monoisotopic (exact) mass is 249 g/mol. The fourth-order valence-corrected chi connectivity index (χ4v) is 1.97. The highest BCUT2D eigenvalue weighted by atomic mass is 16.4. The van der Waals surface area contributed by atoms with Crippen molar-refractivity contribution in [3.8, 4) is 0 Å². The SMILES string of the molecule is CC(C)[NH+](Cc1ccccc1)CC(C)(C)C(=O)[O-]. The summed E-state index contributed by atoms with van der Waals surface area (Å²) in [5.41, 5.74) is 0.435. The second-order valence-electron chi connectivity index (χ2n) is 5.82. The van der Waals surface area contributed by atoms with E-state index in [9.17, 15) is 9.90 Å². The van der Waals surface area contributed by atoms with Gasteiger partial charge in [0.25, 0.3) is 0 Å². The Morgan fingerprint density at radius 2 is 1.83 bits per heavy atom. The van der Waals surface area contributed by atoms with Crippen molar-refractivity contribution in [1.82, 2.24) is 0 Å². The van der Waals surface area contributed by atoms with Crippen LogP contribution in [0.25, 0.3) is 0 Å². The highest BCUT2D eigenvalue weighted by molar-refractivity contribution is 5.71. The van der Waals surface area contributed by atoms with E-state index >= 15 is 0 Å². The van der Waals surface area contributed by atoms with Crippen LogP contribution in [0.15, 0.2) is 30.3 Å². The summed E-state index contributed by atoms with van der Waals surface area (Å²) in [5.74, 6) is -0.978. The van der Waals surface area contributed by atoms with E-state index in [-0.39, 0.29) is 0 Å². The zero-order chi connectivity index (χ0) is 13.8. The Morgan fingerprint density at radius 1 is 1.28 bits per heavy atom. The number of carbonyl (C=O) groups is 1. The molecule has 0 bridgehead atoms. The summed E-state index contributed by atoms with van der Waals surface area (Å²) < 4.78 is 0. The molecule has 0 radical (unpaired) electrons. The number of carboxylic acid groups (broad SMARTS) is 1. The van der Waals surface area contributed by atoms with Crippen LogP contribution in [-0.2, 0) is 11.3 Å². The van der Waals surface area contributed by atoms with Gasteiger partial charge in [-0.2, -0.15) is 0 Å². The van der Waals surface area contributed by atoms with Gasteiger partial charge in [-0.3, -0.25) is 0 Å². The number of aliphatic carboxylic acids is 1. The summed E-state index contributed by atoms with van der Waals surface area (Å²) in [6.45, 7) is 9.11. The molecule has 0 saturated heterocycles. The van der Waals surface area contributed by atoms with E-state index in [1.807, 2.05) is 18.2 Å². The first-order valence-electron chi connectivity index (χ1n) is 6.43. The van der Waals surface area contributed by atoms with Crippen molar-refractivity contribution >= 4 is 5.97 Å². The van der Waals surface area contributed by atoms with Crippen LogP contribution in [0, 0.1) is 5.41 Å². The van der Waals surface area contributed by atoms with Gasteiger partial charge in [0.1, 0.15) is 6.54 Å². The van der Waals surface area contributed by atoms with Crippen LogP contribution >= 0.6 is 0 Å². The number of benzene rings is 1. The molecule has 1 atom stereocenters. The van der Waals surface area contributed by atoms with Crippen LogP contribution in [0.2, 0.25) is 0 Å². The van der Waals surface area contributed by atoms with Crippen molar-refractivity contribution in [1.29, 1.82) is 0 Å². The molecule has 0 aliphatic rings. The number of hydrogen-bond donors (Lipinski definition) is 1. The van der Waals surface area contributed by atoms with Crippen LogP contribution in [0.3, 0.4) is 0 Å². The van der Waals surface area contributed by atoms with Gasteiger partial charge in [-0.05, 0) is 27.7 Å². The van der Waals surface area contributed by atoms with E-state index < -0.39 is 11.4 Å². The van der Waals surface area contributed by atoms with Crippen LogP contribution in [-0.4, -0.2) is 18.6 Å². The van der Waals surface area contributed by atoms with Gasteiger partial charge in [0.15, 0.2) is 0 Å². The Kier molecular flexibility index (Phi) is 4.91. The van der Waals surface area contributed by atoms with Crippen LogP contribution in [0.5, 0.6) is 0 Å². The second kappa shape index (κ2) is 6.01. The third-order valence-electron chi connectivity index (χ3n) is 3.31. The second-order valence-corrected chi connectivity index (χ2v) is 5.82. The van der Waals surface area contributed by atoms with Crippen LogP contribution < -0.4 is 10.0 Å². The van der Waals surface area contributed by atoms with Crippen molar-refractivity contribution in [2.24, 2.45) is 5.41 Å². The molecule has 0 amide bonds. The number of nitrogens with one attached hydrogen (secondary N) is 1. The molecule has 0 aliphatic carbocycles. The average Bonchev–Trinajstić information content (AvgIpc) is 2.29. The molecule has 0 aromatic heterocycles. The molecular formula is C15H23NO2. The van der Waals surface area contributed by atoms with Crippen molar-refractivity contribution in [3.05, 3.63) is 35.9 Å². The zero-order valence-electron chi connectivity index (χ0n) is 11.7. The van der Waals surface area contributed by atoms with E-state index in [1.54, 1.807) is 13.8 Å². The number of quaternary nitrogens is 1. The number of carbonyl (C=O) groups excluding carboxylic acids is 1. The van der Waals surface area contributed by atoms with Gasteiger partial charge < -0.3 is 14.8 Å². The first-order chi connectivity index (χ1) is 8.33. The molecule has 3 heteroatoms. The normalized spacial score (nSPS) is 13.6. The van der Waals surface area contributed by atoms with E-state index in [0.29, 0.717) is 12.6 Å². The zero-order valence-corrected chi connectivity index (χ0v) is 11.7. The van der Waals surface area contributed by atoms with Gasteiger partial charge in [-0.15, -0.1) is 0 Å². The molecule has 100 valence electrons. The Labute approximate surface area is 109 Å². The van der Waals surface area contributed by atoms with Gasteiger partial charge in [-0.25, -0.2) is 0 Å². The predicted octanol–water partition coefficient (Wildman–Crippen LogP) is 0.256. The smallest absolute Gasteiger partial charge is 0.103 e. The average molecular weight is 249 g/mol. The third kappa shape index (κ3) is 4.15. The topological polar surface area (TPSA) is 44.6 Å². The highest BCUT2D eigenvalue weighted by Crippen LogP contribution is 2.10. The lowest BCUT2D eigenvalue weighted by Crippen LogP contribution is -3.15. The minimum absolute atomic E-state index is 0.379. The molecule has 1 aromatic rings. The molecule has 0 aliphatic heterocycles. The number of carboxylic acids is 1. The van der Waals surface area contributed by atoms with Crippen molar-refractivity contribution in [3.63, 3.8) is 0 Å². The molecule has 3 nitrogen and oxygen atoms in total. The summed E-state index contributed by atoms with van der Waals surface area (Å²) in [6, 6.07) is 10.5. The van der Waals surface area contributed by atoms with E-state index in [0.717, 1.165) is 6.54 Å². The highest BCUT2D eigenvalue weighted by Gasteiger charge is 2.27. The summed E-state index contributed by atoms with van der Waals surface area (Å²) >= 11 is 0. The van der Waals surface area contributed by atoms with E-state index in [4.69, 9.17) is 0 Å². The fraction of sp³-hybridized carbons (Fsp3) is 0.533. The molecule has 1 aromatic carbocycles. The minimum atomic E-state index is -0.978. The number of rotatable bonds is 6. The Hall–Kier alpha value is -1.35. The fourth-order valence-electron chi connectivity index (χ4n) is 1.97. The maximum atomic E-state index is 11.1. The first-order valence-corrected chi connectivity index (χ1v) is 6.43. The van der Waals surface area contributed by atoms with Gasteiger partial charge in [0, 0.05) is 5.56 Å². The van der Waals surface area contributed by atoms with Crippen LogP contribution in [0.4, 0.5) is 0 Å². The molecule has 0 heterocycles. The largest absolute Gasteiger partial charge is 0.549 e. The lowest BCUT2D eigenvalue weighted by atomic mass is 9.92. The Balaban J connectivity index is 2.76. The third-order valence-corrected chi connectivity index (χ3v) is 3.31. The molecule has 1 unspecified atom stereocenters. The van der Waals surface area contributed by atoms with Gasteiger partial charge in [0.2, 0.25) is 0 Å². The van der Waals surface area contributed by atoms with E-state index in [1.165, 1.54) is 10.5 Å². The molecule has 0 fully saturated rings. The quantitative estimate of drug-likeness (QED) is 0.786. The maximum absolute atomic E-state index is 11.1. The summed E-state index contributed by atoms with van der Waals surface area (Å²) in [4.78, 5) is 12.4. The summed E-state index contributed by atoms with van der Waals surface area (Å²) in [7, 11) is 0.